The van der Waals surface area contributed by atoms with E-state index >= 15 is 0 Å². The van der Waals surface area contributed by atoms with Crippen LogP contribution < -0.4 is 10.6 Å². The summed E-state index contributed by atoms with van der Waals surface area (Å²) in [6, 6.07) is 7.59. The predicted octanol–water partition coefficient (Wildman–Crippen LogP) is 1.25. The van der Waals surface area contributed by atoms with Crippen molar-refractivity contribution in [1.29, 1.82) is 0 Å². The molecule has 0 atom stereocenters. The summed E-state index contributed by atoms with van der Waals surface area (Å²) in [5, 5.41) is 6.65. The lowest BCUT2D eigenvalue weighted by Gasteiger charge is -2.07. The molecule has 4 nitrogen and oxygen atoms in total. The third-order valence-electron chi connectivity index (χ3n) is 2.75. The third-order valence-corrected chi connectivity index (χ3v) is 3.88. The van der Waals surface area contributed by atoms with Gasteiger partial charge in [-0.05, 0) is 37.1 Å². The maximum absolute atomic E-state index is 11.3. The fourth-order valence-electron chi connectivity index (χ4n) is 1.59. The molecule has 94 valence electrons. The van der Waals surface area contributed by atoms with Crippen molar-refractivity contribution >= 4 is 15.5 Å². The minimum absolute atomic E-state index is 0.360. The summed E-state index contributed by atoms with van der Waals surface area (Å²) in [5.41, 5.74) is 0.954. The van der Waals surface area contributed by atoms with Gasteiger partial charge < -0.3 is 10.6 Å². The highest BCUT2D eigenvalue weighted by Gasteiger charge is 2.19. The number of benzene rings is 1. The van der Waals surface area contributed by atoms with E-state index in [4.69, 9.17) is 0 Å². The lowest BCUT2D eigenvalue weighted by Crippen LogP contribution is -2.23. The number of hydrogen-bond acceptors (Lipinski definition) is 4. The minimum atomic E-state index is -3.09. The molecule has 2 N–H and O–H groups in total. The van der Waals surface area contributed by atoms with Crippen LogP contribution in [0.5, 0.6) is 0 Å². The van der Waals surface area contributed by atoms with Crippen LogP contribution in [0, 0.1) is 0 Å². The van der Waals surface area contributed by atoms with E-state index < -0.39 is 9.84 Å². The Balaban J connectivity index is 1.80. The van der Waals surface area contributed by atoms with Gasteiger partial charge in [-0.15, -0.1) is 0 Å². The average Bonchev–Trinajstić information content (AvgIpc) is 3.08. The zero-order valence-corrected chi connectivity index (χ0v) is 10.8. The molecule has 1 aromatic carbocycles. The van der Waals surface area contributed by atoms with Gasteiger partial charge in [-0.3, -0.25) is 0 Å². The molecule has 0 unspecified atom stereocenters. The Labute approximate surface area is 102 Å². The largest absolute Gasteiger partial charge is 0.384 e. The molecule has 1 aromatic rings. The molecule has 0 amide bonds. The standard InChI is InChI=1S/C12H18N2O2S/c1-17(15,16)12-6-4-11(5-7-12)14-9-8-13-10-2-3-10/h4-7,10,13-14H,2-3,8-9H2,1H3. The number of sulfone groups is 1. The van der Waals surface area contributed by atoms with Gasteiger partial charge in [-0.25, -0.2) is 8.42 Å². The molecular weight excluding hydrogens is 236 g/mol. The summed E-state index contributed by atoms with van der Waals surface area (Å²) in [7, 11) is -3.09. The fraction of sp³-hybridized carbons (Fsp3) is 0.500. The molecule has 2 rings (SSSR count). The maximum Gasteiger partial charge on any atom is 0.175 e. The lowest BCUT2D eigenvalue weighted by molar-refractivity contribution is 0.602. The first-order chi connectivity index (χ1) is 8.05. The molecule has 5 heteroatoms. The van der Waals surface area contributed by atoms with E-state index in [1.54, 1.807) is 24.3 Å². The summed E-state index contributed by atoms with van der Waals surface area (Å²) in [6.07, 6.45) is 3.81. The van der Waals surface area contributed by atoms with Crippen LogP contribution in [0.3, 0.4) is 0 Å². The van der Waals surface area contributed by atoms with Crippen molar-refractivity contribution in [2.24, 2.45) is 0 Å². The summed E-state index contributed by atoms with van der Waals surface area (Å²) in [5.74, 6) is 0. The Morgan fingerprint density at radius 1 is 1.18 bits per heavy atom. The van der Waals surface area contributed by atoms with Crippen molar-refractivity contribution in [3.8, 4) is 0 Å². The minimum Gasteiger partial charge on any atom is -0.384 e. The van der Waals surface area contributed by atoms with E-state index in [1.807, 2.05) is 0 Å². The highest BCUT2D eigenvalue weighted by molar-refractivity contribution is 7.90. The van der Waals surface area contributed by atoms with E-state index in [0.29, 0.717) is 4.90 Å². The Kier molecular flexibility index (Phi) is 3.69. The first-order valence-electron chi connectivity index (χ1n) is 5.83. The monoisotopic (exact) mass is 254 g/mol. The molecule has 0 aromatic heterocycles. The average molecular weight is 254 g/mol. The van der Waals surface area contributed by atoms with Gasteiger partial charge in [-0.1, -0.05) is 0 Å². The smallest absolute Gasteiger partial charge is 0.175 e. The lowest BCUT2D eigenvalue weighted by atomic mass is 10.3. The summed E-state index contributed by atoms with van der Waals surface area (Å²) < 4.78 is 22.5. The highest BCUT2D eigenvalue weighted by Crippen LogP contribution is 2.18. The van der Waals surface area contributed by atoms with Gasteiger partial charge in [0.1, 0.15) is 0 Å². The number of rotatable bonds is 6. The zero-order chi connectivity index (χ0) is 12.3. The number of anilines is 1. The molecule has 0 heterocycles. The second-order valence-corrected chi connectivity index (χ2v) is 6.47. The van der Waals surface area contributed by atoms with Crippen molar-refractivity contribution in [2.45, 2.75) is 23.8 Å². The molecule has 1 saturated carbocycles. The molecule has 0 aliphatic heterocycles. The number of hydrogen-bond donors (Lipinski definition) is 2. The van der Waals surface area contributed by atoms with Crippen molar-refractivity contribution in [1.82, 2.24) is 5.32 Å². The van der Waals surface area contributed by atoms with Crippen LogP contribution in [0.2, 0.25) is 0 Å². The molecule has 0 saturated heterocycles. The summed E-state index contributed by atoms with van der Waals surface area (Å²) in [6.45, 7) is 1.80. The number of nitrogens with one attached hydrogen (secondary N) is 2. The van der Waals surface area contributed by atoms with Crippen molar-refractivity contribution in [3.05, 3.63) is 24.3 Å². The van der Waals surface area contributed by atoms with E-state index in [0.717, 1.165) is 24.8 Å². The molecule has 1 aliphatic rings. The molecule has 1 aliphatic carbocycles. The van der Waals surface area contributed by atoms with E-state index in [9.17, 15) is 8.42 Å². The second-order valence-electron chi connectivity index (χ2n) is 4.45. The normalized spacial score (nSPS) is 15.8. The Morgan fingerprint density at radius 2 is 1.82 bits per heavy atom. The quantitative estimate of drug-likeness (QED) is 0.750. The second kappa shape index (κ2) is 5.06. The van der Waals surface area contributed by atoms with E-state index in [1.165, 1.54) is 19.1 Å². The van der Waals surface area contributed by atoms with Crippen LogP contribution in [-0.2, 0) is 9.84 Å². The molecule has 1 fully saturated rings. The van der Waals surface area contributed by atoms with Crippen LogP contribution in [0.15, 0.2) is 29.2 Å². The van der Waals surface area contributed by atoms with Crippen molar-refractivity contribution in [3.63, 3.8) is 0 Å². The molecule has 0 spiro atoms. The Hall–Kier alpha value is -1.07. The Morgan fingerprint density at radius 3 is 2.35 bits per heavy atom. The van der Waals surface area contributed by atoms with E-state index in [2.05, 4.69) is 10.6 Å². The van der Waals surface area contributed by atoms with Gasteiger partial charge in [0, 0.05) is 31.1 Å². The van der Waals surface area contributed by atoms with Crippen molar-refractivity contribution in [2.75, 3.05) is 24.7 Å². The first-order valence-corrected chi connectivity index (χ1v) is 7.72. The van der Waals surface area contributed by atoms with Crippen LogP contribution in [0.4, 0.5) is 5.69 Å². The zero-order valence-electron chi connectivity index (χ0n) is 9.94. The van der Waals surface area contributed by atoms with Gasteiger partial charge in [0.25, 0.3) is 0 Å². The summed E-state index contributed by atoms with van der Waals surface area (Å²) >= 11 is 0. The molecule has 0 radical (unpaired) electrons. The van der Waals surface area contributed by atoms with Crippen LogP contribution in [0.1, 0.15) is 12.8 Å². The highest BCUT2D eigenvalue weighted by atomic mass is 32.2. The van der Waals surface area contributed by atoms with Gasteiger partial charge in [-0.2, -0.15) is 0 Å². The first kappa shape index (κ1) is 12.4. The topological polar surface area (TPSA) is 58.2 Å². The third kappa shape index (κ3) is 4.02. The van der Waals surface area contributed by atoms with E-state index in [-0.39, 0.29) is 0 Å². The molecule has 17 heavy (non-hydrogen) atoms. The van der Waals surface area contributed by atoms with Gasteiger partial charge in [0.05, 0.1) is 4.90 Å². The maximum atomic E-state index is 11.3. The Bertz CT molecular complexity index is 464. The van der Waals surface area contributed by atoms with Crippen LogP contribution in [0.25, 0.3) is 0 Å². The molecular formula is C12H18N2O2S. The van der Waals surface area contributed by atoms with Gasteiger partial charge in [0.15, 0.2) is 9.84 Å². The SMILES string of the molecule is CS(=O)(=O)c1ccc(NCCNC2CC2)cc1. The van der Waals surface area contributed by atoms with Gasteiger partial charge in [0.2, 0.25) is 0 Å². The van der Waals surface area contributed by atoms with Crippen LogP contribution in [-0.4, -0.2) is 33.8 Å². The predicted molar refractivity (Wildman–Crippen MR) is 69.1 cm³/mol. The summed E-state index contributed by atoms with van der Waals surface area (Å²) in [4.78, 5) is 0.360. The molecule has 0 bridgehead atoms. The van der Waals surface area contributed by atoms with Gasteiger partial charge >= 0.3 is 0 Å². The fourth-order valence-corrected chi connectivity index (χ4v) is 2.22. The van der Waals surface area contributed by atoms with Crippen molar-refractivity contribution < 1.29 is 8.42 Å². The van der Waals surface area contributed by atoms with Crippen LogP contribution >= 0.6 is 0 Å².